The molecule has 0 aliphatic heterocycles. The van der Waals surface area contributed by atoms with Crippen LogP contribution in [0.5, 0.6) is 0 Å². The van der Waals surface area contributed by atoms with Gasteiger partial charge in [0.2, 0.25) is 0 Å². The van der Waals surface area contributed by atoms with Crippen molar-refractivity contribution in [1.82, 2.24) is 29.9 Å². The maximum atomic E-state index is 10.4. The van der Waals surface area contributed by atoms with Crippen molar-refractivity contribution in [2.45, 2.75) is 0 Å². The van der Waals surface area contributed by atoms with Gasteiger partial charge in [-0.05, 0) is 72.8 Å². The number of rotatable bonds is 5. The van der Waals surface area contributed by atoms with E-state index >= 15 is 0 Å². The zero-order valence-corrected chi connectivity index (χ0v) is 25.6. The molecule has 0 aromatic carbocycles. The Morgan fingerprint density at radius 1 is 0.435 bits per heavy atom. The fourth-order valence-electron chi connectivity index (χ4n) is 3.31. The zero-order valence-electron chi connectivity index (χ0n) is 23.7. The van der Waals surface area contributed by atoms with Gasteiger partial charge in [-0.2, -0.15) is 0 Å². The summed E-state index contributed by atoms with van der Waals surface area (Å²) in [6, 6.07) is 29.9. The minimum atomic E-state index is -5.17. The van der Waals surface area contributed by atoms with Crippen molar-refractivity contribution < 1.29 is 43.9 Å². The Morgan fingerprint density at radius 3 is 0.870 bits per heavy atom. The summed E-state index contributed by atoms with van der Waals surface area (Å²) in [5.74, 6) is 0. The first-order chi connectivity index (χ1) is 21.8. The van der Waals surface area contributed by atoms with Crippen LogP contribution in [0.15, 0.2) is 134 Å². The Kier molecular flexibility index (Phi) is 15.8. The molecule has 0 spiro atoms. The molecular weight excluding hydrogens is 655 g/mol. The first kappa shape index (κ1) is 36.8. The molecular formula is C32H24CoN6O6S. The van der Waals surface area contributed by atoms with Crippen molar-refractivity contribution in [2.75, 3.05) is 0 Å². The van der Waals surface area contributed by atoms with Crippen LogP contribution in [0.1, 0.15) is 20.7 Å². The van der Waals surface area contributed by atoms with Crippen LogP contribution >= 0.6 is 0 Å². The van der Waals surface area contributed by atoms with Gasteiger partial charge in [0.15, 0.2) is 12.6 Å². The van der Waals surface area contributed by atoms with E-state index in [9.17, 15) is 9.59 Å². The molecule has 0 amide bonds. The molecule has 0 aliphatic carbocycles. The zero-order chi connectivity index (χ0) is 32.3. The van der Waals surface area contributed by atoms with Gasteiger partial charge in [0, 0.05) is 58.7 Å². The third kappa shape index (κ3) is 13.9. The van der Waals surface area contributed by atoms with E-state index in [2.05, 4.69) is 29.9 Å². The van der Waals surface area contributed by atoms with Crippen molar-refractivity contribution in [3.05, 3.63) is 145 Å². The number of carbonyl (C=O) groups excluding carboxylic acids is 2. The standard InChI is InChI=1S/2C11H8N2O.C10H8N2.Co.H2O4S/c2*14-8-9-4-5-11(13-7-9)10-3-1-2-6-12-10;1-3-7-11-9(5-1)10-6-2-4-8-12-10;;1-5(2,3)4/h2*1-8H;1-8H;;(H2,1,2,3,4)/q;;;+2;/p-2. The van der Waals surface area contributed by atoms with Crippen molar-refractivity contribution in [1.29, 1.82) is 0 Å². The molecule has 0 saturated heterocycles. The van der Waals surface area contributed by atoms with Gasteiger partial charge in [-0.25, -0.2) is 0 Å². The second-order valence-corrected chi connectivity index (χ2v) is 9.27. The van der Waals surface area contributed by atoms with E-state index in [-0.39, 0.29) is 16.8 Å². The Balaban J connectivity index is 0.000000222. The molecule has 14 heteroatoms. The number of hydrogen-bond donors (Lipinski definition) is 0. The number of hydrogen-bond acceptors (Lipinski definition) is 12. The van der Waals surface area contributed by atoms with E-state index in [0.717, 1.165) is 46.7 Å². The van der Waals surface area contributed by atoms with Crippen LogP contribution in [0.2, 0.25) is 0 Å². The second kappa shape index (κ2) is 19.8. The molecule has 12 nitrogen and oxygen atoms in total. The van der Waals surface area contributed by atoms with Gasteiger partial charge in [0.05, 0.1) is 34.2 Å². The van der Waals surface area contributed by atoms with Crippen molar-refractivity contribution >= 4 is 23.0 Å². The molecule has 0 unspecified atom stereocenters. The van der Waals surface area contributed by atoms with Gasteiger partial charge in [-0.3, -0.25) is 47.9 Å². The summed E-state index contributed by atoms with van der Waals surface area (Å²) in [6.07, 6.45) is 11.6. The summed E-state index contributed by atoms with van der Waals surface area (Å²) < 4.78 is 34.1. The van der Waals surface area contributed by atoms with Crippen LogP contribution in [0, 0.1) is 0 Å². The van der Waals surface area contributed by atoms with Crippen molar-refractivity contribution in [3.63, 3.8) is 0 Å². The largest absolute Gasteiger partial charge is 2.00 e. The Morgan fingerprint density at radius 2 is 0.696 bits per heavy atom. The predicted octanol–water partition coefficient (Wildman–Crippen LogP) is 4.72. The molecule has 6 aromatic heterocycles. The average molecular weight is 680 g/mol. The van der Waals surface area contributed by atoms with Crippen molar-refractivity contribution in [3.8, 4) is 34.2 Å². The Bertz CT molecular complexity index is 1710. The molecule has 0 N–H and O–H groups in total. The van der Waals surface area contributed by atoms with Gasteiger partial charge in [-0.1, -0.05) is 24.3 Å². The van der Waals surface area contributed by atoms with E-state index in [1.165, 1.54) is 12.4 Å². The molecule has 0 bridgehead atoms. The summed E-state index contributed by atoms with van der Waals surface area (Å²) in [5, 5.41) is 0. The summed E-state index contributed by atoms with van der Waals surface area (Å²) in [6.45, 7) is 0. The molecule has 6 heterocycles. The summed E-state index contributed by atoms with van der Waals surface area (Å²) in [4.78, 5) is 45.7. The number of carbonyl (C=O) groups is 2. The van der Waals surface area contributed by atoms with Gasteiger partial charge >= 0.3 is 16.8 Å². The smallest absolute Gasteiger partial charge is 0.759 e. The maximum Gasteiger partial charge on any atom is 2.00 e. The molecule has 46 heavy (non-hydrogen) atoms. The second-order valence-electron chi connectivity index (χ2n) is 8.46. The van der Waals surface area contributed by atoms with E-state index in [1.807, 2.05) is 72.8 Å². The summed E-state index contributed by atoms with van der Waals surface area (Å²) in [7, 11) is -5.17. The van der Waals surface area contributed by atoms with Crippen LogP contribution in [0.4, 0.5) is 0 Å². The van der Waals surface area contributed by atoms with Crippen LogP contribution in [0.3, 0.4) is 0 Å². The van der Waals surface area contributed by atoms with E-state index < -0.39 is 10.4 Å². The third-order valence-electron chi connectivity index (χ3n) is 5.29. The first-order valence-corrected chi connectivity index (χ1v) is 14.2. The molecule has 0 aliphatic rings. The van der Waals surface area contributed by atoms with Gasteiger partial charge in [0.25, 0.3) is 0 Å². The van der Waals surface area contributed by atoms with E-state index in [1.54, 1.807) is 49.1 Å². The van der Waals surface area contributed by atoms with E-state index in [4.69, 9.17) is 17.5 Å². The van der Waals surface area contributed by atoms with E-state index in [0.29, 0.717) is 11.1 Å². The summed E-state index contributed by atoms with van der Waals surface area (Å²) in [5.41, 5.74) is 6.15. The van der Waals surface area contributed by atoms with Crippen LogP contribution in [-0.4, -0.2) is 60.0 Å². The molecule has 233 valence electrons. The fraction of sp³-hybridized carbons (Fsp3) is 0. The molecule has 1 radical (unpaired) electrons. The minimum Gasteiger partial charge on any atom is -0.759 e. The predicted molar refractivity (Wildman–Crippen MR) is 164 cm³/mol. The monoisotopic (exact) mass is 679 g/mol. The fourth-order valence-corrected chi connectivity index (χ4v) is 3.31. The summed E-state index contributed by atoms with van der Waals surface area (Å²) >= 11 is 0. The molecule has 0 saturated carbocycles. The molecule has 6 rings (SSSR count). The first-order valence-electron chi connectivity index (χ1n) is 12.9. The normalized spacial score (nSPS) is 9.70. The SMILES string of the molecule is O=Cc1ccc(-c2ccccn2)nc1.O=Cc1ccc(-c2ccccn2)nc1.O=S(=O)([O-])[O-].[Co+2].c1ccc(-c2ccccn2)nc1. The Labute approximate surface area is 275 Å². The third-order valence-corrected chi connectivity index (χ3v) is 5.29. The van der Waals surface area contributed by atoms with Gasteiger partial charge in [0.1, 0.15) is 0 Å². The van der Waals surface area contributed by atoms with Crippen LogP contribution in [0.25, 0.3) is 34.2 Å². The van der Waals surface area contributed by atoms with Crippen LogP contribution in [-0.2, 0) is 27.2 Å². The molecule has 6 aromatic rings. The number of pyridine rings is 6. The Hall–Kier alpha value is -5.38. The minimum absolute atomic E-state index is 0. The number of aldehydes is 2. The van der Waals surface area contributed by atoms with Crippen molar-refractivity contribution in [2.24, 2.45) is 0 Å². The number of aromatic nitrogens is 6. The molecule has 0 atom stereocenters. The van der Waals surface area contributed by atoms with Gasteiger partial charge in [-0.15, -0.1) is 0 Å². The topological polar surface area (TPSA) is 192 Å². The van der Waals surface area contributed by atoms with Crippen LogP contribution < -0.4 is 0 Å². The average Bonchev–Trinajstić information content (AvgIpc) is 3.10. The quantitative estimate of drug-likeness (QED) is 0.139. The molecule has 0 fully saturated rings. The maximum absolute atomic E-state index is 10.4. The van der Waals surface area contributed by atoms with Gasteiger partial charge < -0.3 is 9.11 Å². The number of nitrogens with zero attached hydrogens (tertiary/aromatic N) is 6.